The first-order valence-corrected chi connectivity index (χ1v) is 6.47. The summed E-state index contributed by atoms with van der Waals surface area (Å²) in [4.78, 5) is 12.1. The summed E-state index contributed by atoms with van der Waals surface area (Å²) in [5, 5.41) is 0.886. The number of nitrogens with zero attached hydrogens (tertiary/aromatic N) is 1. The van der Waals surface area contributed by atoms with Crippen molar-refractivity contribution in [2.45, 2.75) is 27.3 Å². The smallest absolute Gasteiger partial charge is 0.340 e. The molecule has 0 amide bonds. The number of aryl methyl sites for hydroxylation is 1. The fourth-order valence-corrected chi connectivity index (χ4v) is 2.46. The quantitative estimate of drug-likeness (QED) is 0.794. The minimum absolute atomic E-state index is 0.273. The molecule has 0 bridgehead atoms. The number of hydrogen-bond acceptors (Lipinski definition) is 3. The third-order valence-electron chi connectivity index (χ3n) is 3.33. The zero-order chi connectivity index (χ0) is 14.0. The van der Waals surface area contributed by atoms with E-state index in [1.807, 2.05) is 32.0 Å². The van der Waals surface area contributed by atoms with Crippen molar-refractivity contribution in [1.29, 1.82) is 0 Å². The second kappa shape index (κ2) is 5.34. The van der Waals surface area contributed by atoms with E-state index >= 15 is 0 Å². The number of rotatable bonds is 4. The first-order valence-electron chi connectivity index (χ1n) is 6.47. The molecule has 0 aliphatic rings. The van der Waals surface area contributed by atoms with Crippen LogP contribution in [-0.2, 0) is 11.3 Å². The average Bonchev–Trinajstić information content (AvgIpc) is 2.69. The zero-order valence-electron chi connectivity index (χ0n) is 11.8. The van der Waals surface area contributed by atoms with Crippen LogP contribution in [-0.4, -0.2) is 24.3 Å². The second-order valence-electron chi connectivity index (χ2n) is 4.31. The van der Waals surface area contributed by atoms with Crippen molar-refractivity contribution < 1.29 is 14.3 Å². The Labute approximate surface area is 112 Å². The van der Waals surface area contributed by atoms with Gasteiger partial charge in [-0.05, 0) is 39.0 Å². The fraction of sp³-hybridized carbons (Fsp3) is 0.400. The highest BCUT2D eigenvalue weighted by Crippen LogP contribution is 2.29. The van der Waals surface area contributed by atoms with Gasteiger partial charge in [-0.2, -0.15) is 0 Å². The van der Waals surface area contributed by atoms with E-state index in [1.54, 1.807) is 7.11 Å². The molecule has 4 nitrogen and oxygen atoms in total. The van der Waals surface area contributed by atoms with Gasteiger partial charge in [0.25, 0.3) is 0 Å². The number of carbonyl (C=O) groups excluding carboxylic acids is 1. The van der Waals surface area contributed by atoms with Gasteiger partial charge in [0.05, 0.1) is 19.3 Å². The highest BCUT2D eigenvalue weighted by molar-refractivity contribution is 6.06. The molecule has 0 N–H and O–H groups in total. The van der Waals surface area contributed by atoms with Crippen LogP contribution in [0.5, 0.6) is 5.75 Å². The maximum absolute atomic E-state index is 12.1. The van der Waals surface area contributed by atoms with Gasteiger partial charge >= 0.3 is 5.97 Å². The lowest BCUT2D eigenvalue weighted by Gasteiger charge is -2.04. The van der Waals surface area contributed by atoms with Crippen molar-refractivity contribution >= 4 is 16.9 Å². The van der Waals surface area contributed by atoms with Crippen LogP contribution < -0.4 is 4.74 Å². The molecule has 1 aromatic carbocycles. The Morgan fingerprint density at radius 1 is 1.32 bits per heavy atom. The lowest BCUT2D eigenvalue weighted by molar-refractivity contribution is 0.0527. The minimum atomic E-state index is -0.273. The van der Waals surface area contributed by atoms with Crippen LogP contribution in [0, 0.1) is 6.92 Å². The van der Waals surface area contributed by atoms with Crippen LogP contribution in [0.2, 0.25) is 0 Å². The Balaban J connectivity index is 2.72. The fourth-order valence-electron chi connectivity index (χ4n) is 2.46. The monoisotopic (exact) mass is 261 g/mol. The van der Waals surface area contributed by atoms with E-state index in [0.717, 1.165) is 28.9 Å². The summed E-state index contributed by atoms with van der Waals surface area (Å²) in [7, 11) is 1.62. The highest BCUT2D eigenvalue weighted by Gasteiger charge is 2.20. The molecule has 0 fully saturated rings. The van der Waals surface area contributed by atoms with E-state index < -0.39 is 0 Å². The molecule has 2 aromatic rings. The van der Waals surface area contributed by atoms with Gasteiger partial charge in [0.1, 0.15) is 5.75 Å². The number of benzene rings is 1. The molecule has 0 saturated carbocycles. The standard InChI is InChI=1S/C15H19NO3/c1-5-16-10(3)14(15(17)19-6-2)12-9-11(18-4)7-8-13(12)16/h7-9H,5-6H2,1-4H3. The third-order valence-corrected chi connectivity index (χ3v) is 3.33. The maximum Gasteiger partial charge on any atom is 0.340 e. The van der Waals surface area contributed by atoms with Crippen molar-refractivity contribution in [3.8, 4) is 5.75 Å². The van der Waals surface area contributed by atoms with Gasteiger partial charge in [-0.1, -0.05) is 0 Å². The van der Waals surface area contributed by atoms with Crippen LogP contribution in [0.3, 0.4) is 0 Å². The molecule has 0 saturated heterocycles. The maximum atomic E-state index is 12.1. The number of aromatic nitrogens is 1. The van der Waals surface area contributed by atoms with Crippen LogP contribution in [0.25, 0.3) is 10.9 Å². The number of methoxy groups -OCH3 is 1. The molecular formula is C15H19NO3. The van der Waals surface area contributed by atoms with Gasteiger partial charge in [-0.15, -0.1) is 0 Å². The Bertz CT molecular complexity index is 613. The first kappa shape index (κ1) is 13.5. The molecule has 19 heavy (non-hydrogen) atoms. The van der Waals surface area contributed by atoms with Gasteiger partial charge in [-0.25, -0.2) is 4.79 Å². The van der Waals surface area contributed by atoms with Crippen molar-refractivity contribution in [3.63, 3.8) is 0 Å². The zero-order valence-corrected chi connectivity index (χ0v) is 11.8. The van der Waals surface area contributed by atoms with E-state index in [2.05, 4.69) is 11.5 Å². The Morgan fingerprint density at radius 3 is 2.63 bits per heavy atom. The van der Waals surface area contributed by atoms with E-state index in [1.165, 1.54) is 0 Å². The second-order valence-corrected chi connectivity index (χ2v) is 4.31. The molecule has 0 atom stereocenters. The van der Waals surface area contributed by atoms with Crippen molar-refractivity contribution in [2.75, 3.05) is 13.7 Å². The Kier molecular flexibility index (Phi) is 3.79. The topological polar surface area (TPSA) is 40.5 Å². The SMILES string of the molecule is CCOC(=O)c1c(C)n(CC)c2ccc(OC)cc12. The number of ether oxygens (including phenoxy) is 2. The number of carbonyl (C=O) groups is 1. The van der Waals surface area contributed by atoms with Crippen molar-refractivity contribution in [1.82, 2.24) is 4.57 Å². The van der Waals surface area contributed by atoms with Crippen LogP contribution >= 0.6 is 0 Å². The lowest BCUT2D eigenvalue weighted by atomic mass is 10.1. The summed E-state index contributed by atoms with van der Waals surface area (Å²) in [6.45, 7) is 7.01. The summed E-state index contributed by atoms with van der Waals surface area (Å²) in [5.74, 6) is 0.469. The molecule has 0 unspecified atom stereocenters. The van der Waals surface area contributed by atoms with Crippen molar-refractivity contribution in [2.24, 2.45) is 0 Å². The highest BCUT2D eigenvalue weighted by atomic mass is 16.5. The van der Waals surface area contributed by atoms with Gasteiger partial charge in [0, 0.05) is 23.1 Å². The van der Waals surface area contributed by atoms with E-state index in [-0.39, 0.29) is 5.97 Å². The van der Waals surface area contributed by atoms with E-state index in [9.17, 15) is 4.79 Å². The van der Waals surface area contributed by atoms with Gasteiger partial charge in [0.15, 0.2) is 0 Å². The summed E-state index contributed by atoms with van der Waals surface area (Å²) < 4.78 is 12.5. The largest absolute Gasteiger partial charge is 0.497 e. The third kappa shape index (κ3) is 2.18. The molecule has 0 aliphatic heterocycles. The first-order chi connectivity index (χ1) is 9.13. The van der Waals surface area contributed by atoms with Gasteiger partial charge in [0.2, 0.25) is 0 Å². The lowest BCUT2D eigenvalue weighted by Crippen LogP contribution is -2.07. The van der Waals surface area contributed by atoms with E-state index in [0.29, 0.717) is 12.2 Å². The molecule has 0 radical (unpaired) electrons. The number of fused-ring (bicyclic) bond motifs is 1. The summed E-state index contributed by atoms with van der Waals surface area (Å²) in [5.41, 5.74) is 2.60. The van der Waals surface area contributed by atoms with Gasteiger partial charge in [-0.3, -0.25) is 0 Å². The molecule has 1 heterocycles. The van der Waals surface area contributed by atoms with Gasteiger partial charge < -0.3 is 14.0 Å². The van der Waals surface area contributed by atoms with Crippen LogP contribution in [0.1, 0.15) is 29.9 Å². The molecule has 0 aliphatic carbocycles. The number of hydrogen-bond donors (Lipinski definition) is 0. The predicted octanol–water partition coefficient (Wildman–Crippen LogP) is 3.15. The summed E-state index contributed by atoms with van der Waals surface area (Å²) >= 11 is 0. The molecule has 1 aromatic heterocycles. The molecule has 0 spiro atoms. The minimum Gasteiger partial charge on any atom is -0.497 e. The summed E-state index contributed by atoms with van der Waals surface area (Å²) in [6.07, 6.45) is 0. The molecule has 2 rings (SSSR count). The van der Waals surface area contributed by atoms with Crippen molar-refractivity contribution in [3.05, 3.63) is 29.5 Å². The predicted molar refractivity (Wildman–Crippen MR) is 74.9 cm³/mol. The molecule has 102 valence electrons. The number of esters is 1. The van der Waals surface area contributed by atoms with Crippen LogP contribution in [0.15, 0.2) is 18.2 Å². The normalized spacial score (nSPS) is 10.7. The molecule has 4 heteroatoms. The molecular weight excluding hydrogens is 242 g/mol. The van der Waals surface area contributed by atoms with E-state index in [4.69, 9.17) is 9.47 Å². The Hall–Kier alpha value is -1.97. The Morgan fingerprint density at radius 2 is 2.05 bits per heavy atom. The average molecular weight is 261 g/mol. The summed E-state index contributed by atoms with van der Waals surface area (Å²) in [6, 6.07) is 5.77. The van der Waals surface area contributed by atoms with Crippen LogP contribution in [0.4, 0.5) is 0 Å².